The maximum atomic E-state index is 12.5. The van der Waals surface area contributed by atoms with Crippen molar-refractivity contribution in [3.8, 4) is 0 Å². The minimum atomic E-state index is -3.64. The number of aromatic amines is 1. The van der Waals surface area contributed by atoms with Gasteiger partial charge in [0, 0.05) is 5.69 Å². The Bertz CT molecular complexity index is 662. The second kappa shape index (κ2) is 8.81. The number of carboxylic acid groups (broad SMARTS) is 1. The van der Waals surface area contributed by atoms with E-state index in [1.807, 2.05) is 13.8 Å². The molecule has 0 aliphatic heterocycles. The zero-order valence-electron chi connectivity index (χ0n) is 14.2. The van der Waals surface area contributed by atoms with Crippen LogP contribution in [0.5, 0.6) is 0 Å². The molecule has 0 aromatic carbocycles. The fraction of sp³-hybridized carbons (Fsp3) is 0.667. The molecule has 1 aromatic rings. The van der Waals surface area contributed by atoms with Gasteiger partial charge < -0.3 is 10.4 Å². The normalized spacial score (nSPS) is 13.0. The number of nitrogens with one attached hydrogen (secondary N) is 2. The number of aryl methyl sites for hydroxylation is 1. The maximum absolute atomic E-state index is 12.5. The van der Waals surface area contributed by atoms with E-state index in [2.05, 4.69) is 15.5 Å². The minimum absolute atomic E-state index is 0.0230. The highest BCUT2D eigenvalue weighted by Gasteiger charge is 2.32. The standard InChI is InChI=1S/C15H25N3O5S/c1-4-6-11(7-5-2)24(22,23)9-13(15(20)21)16-14(19)12-8-10(3)17-18-12/h8,11,13H,4-7,9H2,1-3H3,(H,16,19)(H,17,18)(H,20,21)/t13-/m1/s1. The molecule has 24 heavy (non-hydrogen) atoms. The first kappa shape index (κ1) is 20.1. The highest BCUT2D eigenvalue weighted by atomic mass is 32.2. The lowest BCUT2D eigenvalue weighted by atomic mass is 10.2. The molecule has 1 rings (SSSR count). The van der Waals surface area contributed by atoms with E-state index < -0.39 is 38.8 Å². The number of amides is 1. The molecule has 0 aliphatic rings. The molecule has 3 N–H and O–H groups in total. The van der Waals surface area contributed by atoms with Gasteiger partial charge in [0.25, 0.3) is 5.91 Å². The van der Waals surface area contributed by atoms with Crippen molar-refractivity contribution < 1.29 is 23.1 Å². The largest absolute Gasteiger partial charge is 0.480 e. The van der Waals surface area contributed by atoms with E-state index in [0.29, 0.717) is 31.4 Å². The van der Waals surface area contributed by atoms with Crippen LogP contribution in [0.3, 0.4) is 0 Å². The summed E-state index contributed by atoms with van der Waals surface area (Å²) in [5.41, 5.74) is 0.667. The number of aromatic nitrogens is 2. The Labute approximate surface area is 142 Å². The second-order valence-electron chi connectivity index (χ2n) is 5.83. The van der Waals surface area contributed by atoms with Gasteiger partial charge >= 0.3 is 5.97 Å². The highest BCUT2D eigenvalue weighted by molar-refractivity contribution is 7.92. The van der Waals surface area contributed by atoms with Crippen molar-refractivity contribution in [2.75, 3.05) is 5.75 Å². The number of H-pyrrole nitrogens is 1. The average Bonchev–Trinajstić information content (AvgIpc) is 2.92. The van der Waals surface area contributed by atoms with Crippen LogP contribution in [0.15, 0.2) is 6.07 Å². The fourth-order valence-electron chi connectivity index (χ4n) is 2.46. The average molecular weight is 359 g/mol. The van der Waals surface area contributed by atoms with E-state index in [9.17, 15) is 23.1 Å². The molecule has 0 fully saturated rings. The minimum Gasteiger partial charge on any atom is -0.480 e. The lowest BCUT2D eigenvalue weighted by molar-refractivity contribution is -0.138. The van der Waals surface area contributed by atoms with E-state index in [0.717, 1.165) is 0 Å². The summed E-state index contributed by atoms with van der Waals surface area (Å²) in [5.74, 6) is -2.72. The van der Waals surface area contributed by atoms with Crippen molar-refractivity contribution in [1.29, 1.82) is 0 Å². The zero-order chi connectivity index (χ0) is 18.3. The number of aliphatic carboxylic acids is 1. The highest BCUT2D eigenvalue weighted by Crippen LogP contribution is 2.17. The van der Waals surface area contributed by atoms with Gasteiger partial charge in [0.2, 0.25) is 0 Å². The molecule has 1 amide bonds. The van der Waals surface area contributed by atoms with Crippen molar-refractivity contribution in [1.82, 2.24) is 15.5 Å². The van der Waals surface area contributed by atoms with Crippen molar-refractivity contribution in [3.63, 3.8) is 0 Å². The molecule has 0 unspecified atom stereocenters. The van der Waals surface area contributed by atoms with E-state index in [-0.39, 0.29) is 5.69 Å². The number of rotatable bonds is 10. The summed E-state index contributed by atoms with van der Waals surface area (Å²) in [4.78, 5) is 23.4. The number of nitrogens with zero attached hydrogens (tertiary/aromatic N) is 1. The van der Waals surface area contributed by atoms with E-state index in [1.54, 1.807) is 6.92 Å². The first-order valence-electron chi connectivity index (χ1n) is 7.98. The number of sulfone groups is 1. The maximum Gasteiger partial charge on any atom is 0.327 e. The monoisotopic (exact) mass is 359 g/mol. The molecule has 0 spiro atoms. The SMILES string of the molecule is CCCC(CCC)S(=O)(=O)C[C@@H](NC(=O)c1cc(C)[nH]n1)C(=O)O. The van der Waals surface area contributed by atoms with Gasteiger partial charge in [0.15, 0.2) is 9.84 Å². The van der Waals surface area contributed by atoms with Crippen molar-refractivity contribution in [2.45, 2.75) is 57.7 Å². The Morgan fingerprint density at radius 3 is 2.29 bits per heavy atom. The topological polar surface area (TPSA) is 129 Å². The van der Waals surface area contributed by atoms with Crippen LogP contribution in [0.1, 0.15) is 55.7 Å². The predicted molar refractivity (Wildman–Crippen MR) is 89.6 cm³/mol. The first-order chi connectivity index (χ1) is 11.2. The van der Waals surface area contributed by atoms with Crippen LogP contribution < -0.4 is 5.32 Å². The second-order valence-corrected chi connectivity index (χ2v) is 8.16. The summed E-state index contributed by atoms with van der Waals surface area (Å²) in [6.07, 6.45) is 2.35. The number of carbonyl (C=O) groups is 2. The Kier molecular flexibility index (Phi) is 7.40. The smallest absolute Gasteiger partial charge is 0.327 e. The molecule has 0 saturated heterocycles. The summed E-state index contributed by atoms with van der Waals surface area (Å²) in [5, 5.41) is 17.2. The van der Waals surface area contributed by atoms with Crippen LogP contribution in [-0.4, -0.2) is 52.6 Å². The van der Waals surface area contributed by atoms with E-state index in [4.69, 9.17) is 0 Å². The predicted octanol–water partition coefficient (Wildman–Crippen LogP) is 1.28. The molecule has 9 heteroatoms. The lowest BCUT2D eigenvalue weighted by Crippen LogP contribution is -2.47. The summed E-state index contributed by atoms with van der Waals surface area (Å²) < 4.78 is 25.0. The van der Waals surface area contributed by atoms with Gasteiger partial charge in [-0.15, -0.1) is 0 Å². The molecule has 1 atom stereocenters. The molecule has 8 nitrogen and oxygen atoms in total. The Hall–Kier alpha value is -1.90. The van der Waals surface area contributed by atoms with E-state index in [1.165, 1.54) is 6.07 Å². The lowest BCUT2D eigenvalue weighted by Gasteiger charge is -2.20. The summed E-state index contributed by atoms with van der Waals surface area (Å²) >= 11 is 0. The van der Waals surface area contributed by atoms with Crippen LogP contribution in [0.2, 0.25) is 0 Å². The molecule has 0 aliphatic carbocycles. The van der Waals surface area contributed by atoms with Crippen LogP contribution in [0.25, 0.3) is 0 Å². The molecule has 0 bridgehead atoms. The van der Waals surface area contributed by atoms with Crippen molar-refractivity contribution in [2.24, 2.45) is 0 Å². The van der Waals surface area contributed by atoms with Gasteiger partial charge in [0.1, 0.15) is 11.7 Å². The third-order valence-corrected chi connectivity index (χ3v) is 5.96. The van der Waals surface area contributed by atoms with E-state index >= 15 is 0 Å². The first-order valence-corrected chi connectivity index (χ1v) is 9.70. The molecule has 0 radical (unpaired) electrons. The number of hydrogen-bond donors (Lipinski definition) is 3. The fourth-order valence-corrected chi connectivity index (χ4v) is 4.61. The Morgan fingerprint density at radius 2 is 1.88 bits per heavy atom. The quantitative estimate of drug-likeness (QED) is 0.577. The third-order valence-electron chi connectivity index (χ3n) is 3.67. The summed E-state index contributed by atoms with van der Waals surface area (Å²) in [6, 6.07) is -0.0459. The Balaban J connectivity index is 2.88. The zero-order valence-corrected chi connectivity index (χ0v) is 15.0. The molecule has 1 aromatic heterocycles. The molecule has 1 heterocycles. The van der Waals surface area contributed by atoms with Gasteiger partial charge in [-0.2, -0.15) is 5.10 Å². The van der Waals surface area contributed by atoms with Crippen LogP contribution in [0.4, 0.5) is 0 Å². The summed E-state index contributed by atoms with van der Waals surface area (Å²) in [7, 11) is -3.64. The molecular weight excluding hydrogens is 334 g/mol. The Morgan fingerprint density at radius 1 is 1.29 bits per heavy atom. The van der Waals surface area contributed by atoms with Gasteiger partial charge in [-0.05, 0) is 25.8 Å². The number of carboxylic acids is 1. The van der Waals surface area contributed by atoms with Crippen LogP contribution >= 0.6 is 0 Å². The number of hydrogen-bond acceptors (Lipinski definition) is 5. The van der Waals surface area contributed by atoms with Gasteiger partial charge in [0.05, 0.1) is 11.0 Å². The van der Waals surface area contributed by atoms with Gasteiger partial charge in [-0.1, -0.05) is 26.7 Å². The van der Waals surface area contributed by atoms with Gasteiger partial charge in [-0.3, -0.25) is 9.89 Å². The molecule has 136 valence electrons. The van der Waals surface area contributed by atoms with Crippen molar-refractivity contribution >= 4 is 21.7 Å². The summed E-state index contributed by atoms with van der Waals surface area (Å²) in [6.45, 7) is 5.46. The van der Waals surface area contributed by atoms with Crippen molar-refractivity contribution in [3.05, 3.63) is 17.5 Å². The third kappa shape index (κ3) is 5.63. The van der Waals surface area contributed by atoms with Crippen LogP contribution in [-0.2, 0) is 14.6 Å². The number of carbonyl (C=O) groups excluding carboxylic acids is 1. The van der Waals surface area contributed by atoms with Crippen LogP contribution in [0, 0.1) is 6.92 Å². The van der Waals surface area contributed by atoms with Gasteiger partial charge in [-0.25, -0.2) is 13.2 Å². The molecular formula is C15H25N3O5S. The molecule has 0 saturated carbocycles.